The maximum absolute atomic E-state index is 10.5. The van der Waals surface area contributed by atoms with Gasteiger partial charge in [0.2, 0.25) is 0 Å². The molecule has 20 heavy (non-hydrogen) atoms. The van der Waals surface area contributed by atoms with Gasteiger partial charge >= 0.3 is 0 Å². The van der Waals surface area contributed by atoms with Crippen LogP contribution in [-0.2, 0) is 9.47 Å². The van der Waals surface area contributed by atoms with E-state index in [0.29, 0.717) is 32.0 Å². The molecule has 0 amide bonds. The molecule has 0 unspecified atom stereocenters. The fourth-order valence-corrected chi connectivity index (χ4v) is 1.43. The summed E-state index contributed by atoms with van der Waals surface area (Å²) in [7, 11) is 4.03. The fourth-order valence-electron chi connectivity index (χ4n) is 1.43. The normalized spacial score (nSPS) is 10.8. The number of rotatable bonds is 11. The predicted molar refractivity (Wildman–Crippen MR) is 77.5 cm³/mol. The molecular weight excluding hydrogens is 258 g/mol. The number of nitrogens with zero attached hydrogens (tertiary/aromatic N) is 1. The van der Waals surface area contributed by atoms with E-state index in [2.05, 4.69) is 4.90 Å². The van der Waals surface area contributed by atoms with Crippen LogP contribution < -0.4 is 4.74 Å². The van der Waals surface area contributed by atoms with Gasteiger partial charge in [0, 0.05) is 12.1 Å². The third-order valence-electron chi connectivity index (χ3n) is 2.57. The molecule has 112 valence electrons. The monoisotopic (exact) mass is 281 g/mol. The molecule has 0 aliphatic rings. The number of carbonyl (C=O) groups excluding carboxylic acids is 1. The molecule has 5 nitrogen and oxygen atoms in total. The van der Waals surface area contributed by atoms with Gasteiger partial charge in [0.25, 0.3) is 0 Å². The molecule has 0 bridgehead atoms. The third-order valence-corrected chi connectivity index (χ3v) is 2.57. The van der Waals surface area contributed by atoms with Gasteiger partial charge in [-0.1, -0.05) is 0 Å². The number of likely N-dealkylation sites (N-methyl/N-ethyl adjacent to an activating group) is 1. The van der Waals surface area contributed by atoms with Crippen molar-refractivity contribution in [1.29, 1.82) is 0 Å². The number of benzene rings is 1. The van der Waals surface area contributed by atoms with Gasteiger partial charge in [-0.3, -0.25) is 4.79 Å². The van der Waals surface area contributed by atoms with Crippen molar-refractivity contribution in [3.8, 4) is 5.75 Å². The second kappa shape index (κ2) is 10.4. The molecule has 0 N–H and O–H groups in total. The van der Waals surface area contributed by atoms with E-state index < -0.39 is 0 Å². The first kappa shape index (κ1) is 16.6. The van der Waals surface area contributed by atoms with E-state index >= 15 is 0 Å². The molecule has 0 aromatic heterocycles. The summed E-state index contributed by atoms with van der Waals surface area (Å²) in [5.74, 6) is 0.737. The zero-order valence-corrected chi connectivity index (χ0v) is 12.2. The number of hydrogen-bond donors (Lipinski definition) is 0. The van der Waals surface area contributed by atoms with Gasteiger partial charge in [0.1, 0.15) is 18.6 Å². The summed E-state index contributed by atoms with van der Waals surface area (Å²) in [6.45, 7) is 3.81. The van der Waals surface area contributed by atoms with Gasteiger partial charge in [0.15, 0.2) is 0 Å². The summed E-state index contributed by atoms with van der Waals surface area (Å²) in [6.07, 6.45) is 0.809. The minimum atomic E-state index is 0.484. The Hall–Kier alpha value is -1.43. The quantitative estimate of drug-likeness (QED) is 0.454. The summed E-state index contributed by atoms with van der Waals surface area (Å²) in [5.41, 5.74) is 0.642. The van der Waals surface area contributed by atoms with E-state index in [-0.39, 0.29) is 0 Å². The van der Waals surface area contributed by atoms with Crippen LogP contribution in [0.25, 0.3) is 0 Å². The van der Waals surface area contributed by atoms with Crippen LogP contribution in [0.5, 0.6) is 5.75 Å². The number of hydrogen-bond acceptors (Lipinski definition) is 5. The van der Waals surface area contributed by atoms with Crippen LogP contribution in [0, 0.1) is 0 Å². The smallest absolute Gasteiger partial charge is 0.150 e. The number of ether oxygens (including phenoxy) is 3. The van der Waals surface area contributed by atoms with Gasteiger partial charge in [-0.15, -0.1) is 0 Å². The van der Waals surface area contributed by atoms with Crippen LogP contribution in [0.15, 0.2) is 24.3 Å². The van der Waals surface area contributed by atoms with Gasteiger partial charge < -0.3 is 19.1 Å². The molecule has 0 aliphatic carbocycles. The Morgan fingerprint density at radius 2 is 1.55 bits per heavy atom. The molecule has 0 heterocycles. The highest BCUT2D eigenvalue weighted by Gasteiger charge is 1.95. The lowest BCUT2D eigenvalue weighted by molar-refractivity contribution is 0.0325. The second-order valence-electron chi connectivity index (χ2n) is 4.56. The summed E-state index contributed by atoms with van der Waals surface area (Å²) in [6, 6.07) is 6.99. The lowest BCUT2D eigenvalue weighted by Gasteiger charge is -2.10. The largest absolute Gasteiger partial charge is 0.491 e. The minimum absolute atomic E-state index is 0.484. The molecule has 0 aliphatic heterocycles. The first-order chi connectivity index (χ1) is 9.72. The van der Waals surface area contributed by atoms with Crippen molar-refractivity contribution in [2.45, 2.75) is 0 Å². The molecule has 5 heteroatoms. The first-order valence-corrected chi connectivity index (χ1v) is 6.70. The molecule has 0 fully saturated rings. The highest BCUT2D eigenvalue weighted by atomic mass is 16.5. The molecule has 0 saturated heterocycles. The molecule has 0 spiro atoms. The summed E-state index contributed by atoms with van der Waals surface area (Å²) >= 11 is 0. The van der Waals surface area contributed by atoms with Crippen molar-refractivity contribution >= 4 is 6.29 Å². The van der Waals surface area contributed by atoms with E-state index in [0.717, 1.165) is 25.2 Å². The van der Waals surface area contributed by atoms with Crippen LogP contribution >= 0.6 is 0 Å². The fraction of sp³-hybridized carbons (Fsp3) is 0.533. The molecule has 1 aromatic carbocycles. The zero-order chi connectivity index (χ0) is 14.6. The highest BCUT2D eigenvalue weighted by Crippen LogP contribution is 2.10. The highest BCUT2D eigenvalue weighted by molar-refractivity contribution is 5.74. The number of aldehydes is 1. The second-order valence-corrected chi connectivity index (χ2v) is 4.56. The Bertz CT molecular complexity index is 365. The van der Waals surface area contributed by atoms with Gasteiger partial charge in [-0.05, 0) is 38.4 Å². The zero-order valence-electron chi connectivity index (χ0n) is 12.2. The predicted octanol–water partition coefficient (Wildman–Crippen LogP) is 1.47. The first-order valence-electron chi connectivity index (χ1n) is 6.70. The summed E-state index contributed by atoms with van der Waals surface area (Å²) < 4.78 is 16.3. The van der Waals surface area contributed by atoms with E-state index in [1.807, 2.05) is 14.1 Å². The van der Waals surface area contributed by atoms with E-state index in [1.54, 1.807) is 24.3 Å². The van der Waals surface area contributed by atoms with Gasteiger partial charge in [-0.2, -0.15) is 0 Å². The lowest BCUT2D eigenvalue weighted by atomic mass is 10.2. The molecule has 0 radical (unpaired) electrons. The Kier molecular flexibility index (Phi) is 8.62. The van der Waals surface area contributed by atoms with Crippen molar-refractivity contribution in [1.82, 2.24) is 4.90 Å². The average Bonchev–Trinajstić information content (AvgIpc) is 2.46. The Morgan fingerprint density at radius 3 is 2.15 bits per heavy atom. The van der Waals surface area contributed by atoms with Crippen molar-refractivity contribution in [3.63, 3.8) is 0 Å². The lowest BCUT2D eigenvalue weighted by Crippen LogP contribution is -2.19. The van der Waals surface area contributed by atoms with E-state index in [4.69, 9.17) is 14.2 Å². The maximum Gasteiger partial charge on any atom is 0.150 e. The summed E-state index contributed by atoms with van der Waals surface area (Å²) in [4.78, 5) is 12.6. The van der Waals surface area contributed by atoms with Crippen LogP contribution in [0.4, 0.5) is 0 Å². The van der Waals surface area contributed by atoms with Crippen LogP contribution in [0.3, 0.4) is 0 Å². The minimum Gasteiger partial charge on any atom is -0.491 e. The van der Waals surface area contributed by atoms with E-state index in [1.165, 1.54) is 0 Å². The molecule has 1 rings (SSSR count). The number of carbonyl (C=O) groups is 1. The maximum atomic E-state index is 10.5. The molecule has 0 saturated carbocycles. The Morgan fingerprint density at radius 1 is 0.950 bits per heavy atom. The average molecular weight is 281 g/mol. The standard InChI is InChI=1S/C15H23NO4/c1-16(2)7-8-18-9-10-19-11-12-20-15-5-3-14(13-17)4-6-15/h3-6,13H,7-12H2,1-2H3. The van der Waals surface area contributed by atoms with Crippen LogP contribution in [-0.4, -0.2) is 64.9 Å². The van der Waals surface area contributed by atoms with Gasteiger partial charge in [-0.25, -0.2) is 0 Å². The van der Waals surface area contributed by atoms with Crippen LogP contribution in [0.2, 0.25) is 0 Å². The van der Waals surface area contributed by atoms with E-state index in [9.17, 15) is 4.79 Å². The summed E-state index contributed by atoms with van der Waals surface area (Å²) in [5, 5.41) is 0. The molecular formula is C15H23NO4. The Balaban J connectivity index is 1.95. The third kappa shape index (κ3) is 7.89. The topological polar surface area (TPSA) is 48.0 Å². The van der Waals surface area contributed by atoms with Crippen molar-refractivity contribution < 1.29 is 19.0 Å². The Labute approximate surface area is 120 Å². The SMILES string of the molecule is CN(C)CCOCCOCCOc1ccc(C=O)cc1. The van der Waals surface area contributed by atoms with Crippen molar-refractivity contribution in [2.24, 2.45) is 0 Å². The van der Waals surface area contributed by atoms with Gasteiger partial charge in [0.05, 0.1) is 26.4 Å². The van der Waals surface area contributed by atoms with Crippen LogP contribution in [0.1, 0.15) is 10.4 Å². The molecule has 1 aromatic rings. The van der Waals surface area contributed by atoms with Crippen molar-refractivity contribution in [2.75, 3.05) is 53.7 Å². The molecule has 0 atom stereocenters. The van der Waals surface area contributed by atoms with Crippen molar-refractivity contribution in [3.05, 3.63) is 29.8 Å².